The van der Waals surface area contributed by atoms with E-state index in [1.165, 1.54) is 18.2 Å². The number of likely N-dealkylation sites (tertiary alicyclic amines) is 1. The third kappa shape index (κ3) is 7.65. The van der Waals surface area contributed by atoms with Crippen LogP contribution in [0.25, 0.3) is 11.1 Å². The van der Waals surface area contributed by atoms with E-state index in [9.17, 15) is 18.0 Å². The van der Waals surface area contributed by atoms with Crippen molar-refractivity contribution in [1.82, 2.24) is 10.2 Å². The van der Waals surface area contributed by atoms with Crippen molar-refractivity contribution in [3.63, 3.8) is 0 Å². The number of anilines is 1. The number of carbonyl (C=O) groups excluding carboxylic acids is 3. The standard InChI is InChI=1S/C21H22F3N3O.2C2H6.2CH2O/c1-25-18-9-8-12-10-27(11-14(12)18)21(28)26-20-13(4-2-7-17(20)24)19-15(22)5-3-6-16(19)23;4*1-2/h2-7,12,14,18,25H,8-11H2,1H3,(H,26,28);2*1-2H3;2*1H2. The zero-order valence-corrected chi connectivity index (χ0v) is 21.7. The summed E-state index contributed by atoms with van der Waals surface area (Å²) < 4.78 is 43.0. The van der Waals surface area contributed by atoms with Gasteiger partial charge in [-0.3, -0.25) is 0 Å². The maximum absolute atomic E-state index is 14.5. The van der Waals surface area contributed by atoms with Gasteiger partial charge in [-0.25, -0.2) is 18.0 Å². The van der Waals surface area contributed by atoms with E-state index >= 15 is 0 Å². The molecule has 6 nitrogen and oxygen atoms in total. The van der Waals surface area contributed by atoms with Gasteiger partial charge < -0.3 is 25.1 Å². The molecular weight excluding hydrogens is 471 g/mol. The van der Waals surface area contributed by atoms with Gasteiger partial charge in [-0.1, -0.05) is 45.9 Å². The van der Waals surface area contributed by atoms with Crippen LogP contribution in [0.2, 0.25) is 0 Å². The summed E-state index contributed by atoms with van der Waals surface area (Å²) in [4.78, 5) is 30.4. The van der Waals surface area contributed by atoms with Crippen LogP contribution in [0.3, 0.4) is 0 Å². The van der Waals surface area contributed by atoms with Gasteiger partial charge in [0.25, 0.3) is 0 Å². The Morgan fingerprint density at radius 2 is 1.39 bits per heavy atom. The number of para-hydroxylation sites is 1. The highest BCUT2D eigenvalue weighted by atomic mass is 19.1. The molecule has 4 rings (SSSR count). The van der Waals surface area contributed by atoms with Gasteiger partial charge >= 0.3 is 6.03 Å². The molecule has 2 aliphatic rings. The number of nitrogens with zero attached hydrogens (tertiary/aromatic N) is 1. The maximum Gasteiger partial charge on any atom is 0.321 e. The van der Waals surface area contributed by atoms with Gasteiger partial charge in [-0.2, -0.15) is 0 Å². The maximum atomic E-state index is 14.5. The van der Waals surface area contributed by atoms with Crippen molar-refractivity contribution in [1.29, 1.82) is 0 Å². The van der Waals surface area contributed by atoms with Gasteiger partial charge in [0, 0.05) is 24.7 Å². The van der Waals surface area contributed by atoms with Gasteiger partial charge in [0.05, 0.1) is 11.3 Å². The van der Waals surface area contributed by atoms with Crippen molar-refractivity contribution >= 4 is 25.3 Å². The van der Waals surface area contributed by atoms with Gasteiger partial charge in [0.2, 0.25) is 0 Å². The molecule has 1 heterocycles. The summed E-state index contributed by atoms with van der Waals surface area (Å²) in [5.74, 6) is -1.56. The summed E-state index contributed by atoms with van der Waals surface area (Å²) in [5, 5.41) is 5.85. The Hall–Kier alpha value is -3.20. The zero-order valence-electron chi connectivity index (χ0n) is 21.7. The molecule has 2 N–H and O–H groups in total. The Morgan fingerprint density at radius 1 is 0.861 bits per heavy atom. The second kappa shape index (κ2) is 17.3. The Kier molecular flexibility index (Phi) is 15.7. The summed E-state index contributed by atoms with van der Waals surface area (Å²) in [5.41, 5.74) is -0.582. The first-order valence-corrected chi connectivity index (χ1v) is 12.0. The molecular formula is C27H38F3N3O3. The van der Waals surface area contributed by atoms with Gasteiger partial charge in [0.15, 0.2) is 0 Å². The number of nitrogens with one attached hydrogen (secondary N) is 2. The number of halogens is 3. The molecule has 1 aliphatic carbocycles. The van der Waals surface area contributed by atoms with E-state index in [0.717, 1.165) is 31.0 Å². The highest BCUT2D eigenvalue weighted by Crippen LogP contribution is 2.39. The highest BCUT2D eigenvalue weighted by Gasteiger charge is 2.43. The van der Waals surface area contributed by atoms with Crippen LogP contribution in [0.4, 0.5) is 23.7 Å². The largest absolute Gasteiger partial charge is 0.324 e. The van der Waals surface area contributed by atoms with E-state index in [2.05, 4.69) is 10.6 Å². The lowest BCUT2D eigenvalue weighted by Crippen LogP contribution is -2.37. The predicted octanol–water partition coefficient (Wildman–Crippen LogP) is 5.92. The molecule has 0 radical (unpaired) electrons. The number of carbonyl (C=O) groups is 3. The van der Waals surface area contributed by atoms with E-state index in [4.69, 9.17) is 9.59 Å². The lowest BCUT2D eigenvalue weighted by Gasteiger charge is -2.22. The minimum Gasteiger partial charge on any atom is -0.324 e. The fraction of sp³-hybridized carbons (Fsp3) is 0.444. The third-order valence-corrected chi connectivity index (χ3v) is 5.99. The van der Waals surface area contributed by atoms with Crippen LogP contribution in [-0.2, 0) is 9.59 Å². The third-order valence-electron chi connectivity index (χ3n) is 5.99. The first-order valence-electron chi connectivity index (χ1n) is 12.0. The fourth-order valence-electron chi connectivity index (χ4n) is 4.59. The van der Waals surface area contributed by atoms with E-state index in [1.807, 2.05) is 48.3 Å². The number of urea groups is 1. The van der Waals surface area contributed by atoms with E-state index in [1.54, 1.807) is 4.90 Å². The second-order valence-electron chi connectivity index (χ2n) is 7.49. The van der Waals surface area contributed by atoms with Crippen LogP contribution in [0.15, 0.2) is 36.4 Å². The average molecular weight is 510 g/mol. The molecule has 36 heavy (non-hydrogen) atoms. The Balaban J connectivity index is 0.00000140. The normalized spacial score (nSPS) is 19.0. The first-order chi connectivity index (χ1) is 17.5. The number of hydrogen-bond acceptors (Lipinski definition) is 4. The number of rotatable bonds is 3. The molecule has 2 amide bonds. The smallest absolute Gasteiger partial charge is 0.321 e. The Bertz CT molecular complexity index is 923. The van der Waals surface area contributed by atoms with Crippen LogP contribution in [-0.4, -0.2) is 50.7 Å². The van der Waals surface area contributed by atoms with Crippen molar-refractivity contribution < 1.29 is 27.6 Å². The van der Waals surface area contributed by atoms with Crippen molar-refractivity contribution in [2.45, 2.75) is 46.6 Å². The number of benzene rings is 2. The van der Waals surface area contributed by atoms with Crippen molar-refractivity contribution in [2.75, 3.05) is 25.5 Å². The van der Waals surface area contributed by atoms with E-state index in [-0.39, 0.29) is 16.8 Å². The van der Waals surface area contributed by atoms with Gasteiger partial charge in [0.1, 0.15) is 31.0 Å². The Labute approximate surface area is 212 Å². The molecule has 1 saturated heterocycles. The molecule has 1 aliphatic heterocycles. The van der Waals surface area contributed by atoms with Crippen LogP contribution >= 0.6 is 0 Å². The summed E-state index contributed by atoms with van der Waals surface area (Å²) in [6.45, 7) is 13.2. The quantitative estimate of drug-likeness (QED) is 0.539. The second-order valence-corrected chi connectivity index (χ2v) is 7.49. The molecule has 2 fully saturated rings. The molecule has 2 aromatic carbocycles. The van der Waals surface area contributed by atoms with E-state index in [0.29, 0.717) is 31.0 Å². The molecule has 0 bridgehead atoms. The molecule has 1 saturated carbocycles. The van der Waals surface area contributed by atoms with Crippen LogP contribution < -0.4 is 10.6 Å². The van der Waals surface area contributed by atoms with Crippen molar-refractivity contribution in [3.8, 4) is 11.1 Å². The average Bonchev–Trinajstić information content (AvgIpc) is 3.52. The molecule has 2 aromatic rings. The van der Waals surface area contributed by atoms with Crippen LogP contribution in [0.1, 0.15) is 40.5 Å². The molecule has 0 spiro atoms. The first kappa shape index (κ1) is 32.8. The molecule has 3 unspecified atom stereocenters. The monoisotopic (exact) mass is 509 g/mol. The summed E-state index contributed by atoms with van der Waals surface area (Å²) >= 11 is 0. The lowest BCUT2D eigenvalue weighted by molar-refractivity contribution is -0.0987. The SMILES string of the molecule is C=O.C=O.CC.CC.CNC1CCC2CN(C(=O)Nc3c(F)cccc3-c3c(F)cccc3F)CC21. The van der Waals surface area contributed by atoms with Crippen LogP contribution in [0, 0.1) is 29.3 Å². The summed E-state index contributed by atoms with van der Waals surface area (Å²) in [6, 6.07) is 7.30. The van der Waals surface area contributed by atoms with Crippen LogP contribution in [0.5, 0.6) is 0 Å². The summed E-state index contributed by atoms with van der Waals surface area (Å²) in [7, 11) is 1.92. The lowest BCUT2D eigenvalue weighted by atomic mass is 9.98. The minimum absolute atomic E-state index is 0.0172. The van der Waals surface area contributed by atoms with Gasteiger partial charge in [-0.05, 0) is 49.9 Å². The zero-order chi connectivity index (χ0) is 27.8. The van der Waals surface area contributed by atoms with Crippen molar-refractivity contribution in [2.24, 2.45) is 11.8 Å². The molecule has 0 aromatic heterocycles. The number of hydrogen-bond donors (Lipinski definition) is 2. The van der Waals surface area contributed by atoms with E-state index < -0.39 is 23.5 Å². The summed E-state index contributed by atoms with van der Waals surface area (Å²) in [6.07, 6.45) is 2.14. The molecule has 200 valence electrons. The predicted molar refractivity (Wildman–Crippen MR) is 138 cm³/mol. The van der Waals surface area contributed by atoms with Gasteiger partial charge in [-0.15, -0.1) is 0 Å². The van der Waals surface area contributed by atoms with Crippen molar-refractivity contribution in [3.05, 3.63) is 53.8 Å². The Morgan fingerprint density at radius 3 is 1.94 bits per heavy atom. The fourth-order valence-corrected chi connectivity index (χ4v) is 4.59. The molecule has 3 atom stereocenters. The highest BCUT2D eigenvalue weighted by molar-refractivity contribution is 5.95. The minimum atomic E-state index is -0.811. The topological polar surface area (TPSA) is 78.5 Å². The number of amides is 2. The molecule has 9 heteroatoms. The number of fused-ring (bicyclic) bond motifs is 1.